The van der Waals surface area contributed by atoms with Gasteiger partial charge >= 0.3 is 0 Å². The first-order chi connectivity index (χ1) is 11.5. The predicted octanol–water partition coefficient (Wildman–Crippen LogP) is 3.29. The number of carbonyl (C=O) groups excluding carboxylic acids is 1. The zero-order valence-corrected chi connectivity index (χ0v) is 14.4. The molecule has 2 aliphatic rings. The van der Waals surface area contributed by atoms with Crippen LogP contribution in [0.1, 0.15) is 49.7 Å². The Morgan fingerprint density at radius 1 is 1.38 bits per heavy atom. The van der Waals surface area contributed by atoms with E-state index in [1.54, 1.807) is 6.92 Å². The third kappa shape index (κ3) is 4.33. The molecule has 1 aliphatic carbocycles. The summed E-state index contributed by atoms with van der Waals surface area (Å²) in [4.78, 5) is 12.3. The summed E-state index contributed by atoms with van der Waals surface area (Å²) in [5.41, 5.74) is 1.71. The van der Waals surface area contributed by atoms with Gasteiger partial charge in [-0.2, -0.15) is 0 Å². The lowest BCUT2D eigenvalue weighted by Crippen LogP contribution is -2.34. The first-order valence-electron chi connectivity index (χ1n) is 8.77. The van der Waals surface area contributed by atoms with E-state index in [2.05, 4.69) is 5.32 Å². The van der Waals surface area contributed by atoms with Crippen molar-refractivity contribution in [3.05, 3.63) is 35.1 Å². The summed E-state index contributed by atoms with van der Waals surface area (Å²) >= 11 is 0. The van der Waals surface area contributed by atoms with E-state index in [4.69, 9.17) is 9.47 Å². The molecule has 1 aliphatic heterocycles. The number of rotatable bonds is 7. The van der Waals surface area contributed by atoms with Crippen LogP contribution in [0.4, 0.5) is 4.39 Å². The standard InChI is InChI=1S/C19H26FNO3/c1-13-11-15(5-6-17(13)20)16(14-3-4-14)12-18(22)21-8-7-19(2)23-9-10-24-19/h5-6,11,14,16H,3-4,7-10,12H2,1-2H3,(H,21,22). The molecule has 1 aromatic carbocycles. The summed E-state index contributed by atoms with van der Waals surface area (Å²) < 4.78 is 24.6. The number of ether oxygens (including phenoxy) is 2. The second kappa shape index (κ2) is 7.19. The topological polar surface area (TPSA) is 47.6 Å². The Morgan fingerprint density at radius 2 is 2.08 bits per heavy atom. The Kier molecular flexibility index (Phi) is 5.21. The third-order valence-electron chi connectivity index (χ3n) is 5.01. The van der Waals surface area contributed by atoms with Crippen LogP contribution in [0.5, 0.6) is 0 Å². The molecule has 24 heavy (non-hydrogen) atoms. The number of nitrogens with one attached hydrogen (secondary N) is 1. The molecule has 1 amide bonds. The molecule has 0 aromatic heterocycles. The van der Waals surface area contributed by atoms with Crippen LogP contribution < -0.4 is 5.32 Å². The largest absolute Gasteiger partial charge is 0.356 e. The molecule has 1 aromatic rings. The van der Waals surface area contributed by atoms with E-state index >= 15 is 0 Å². The van der Waals surface area contributed by atoms with E-state index in [1.807, 2.05) is 19.1 Å². The third-order valence-corrected chi connectivity index (χ3v) is 5.01. The van der Waals surface area contributed by atoms with Crippen LogP contribution >= 0.6 is 0 Å². The number of carbonyl (C=O) groups is 1. The van der Waals surface area contributed by atoms with Crippen LogP contribution in [0.3, 0.4) is 0 Å². The number of hydrogen-bond acceptors (Lipinski definition) is 3. The number of halogens is 1. The Balaban J connectivity index is 1.53. The monoisotopic (exact) mass is 335 g/mol. The molecule has 132 valence electrons. The van der Waals surface area contributed by atoms with Crippen LogP contribution in [0.15, 0.2) is 18.2 Å². The van der Waals surface area contributed by atoms with Crippen LogP contribution in [-0.4, -0.2) is 31.5 Å². The maximum atomic E-state index is 13.5. The van der Waals surface area contributed by atoms with Gasteiger partial charge in [-0.1, -0.05) is 12.1 Å². The van der Waals surface area contributed by atoms with Gasteiger partial charge in [0.2, 0.25) is 5.91 Å². The van der Waals surface area contributed by atoms with Crippen molar-refractivity contribution in [1.29, 1.82) is 0 Å². The maximum Gasteiger partial charge on any atom is 0.220 e. The molecule has 1 unspecified atom stereocenters. The van der Waals surface area contributed by atoms with E-state index in [0.717, 1.165) is 18.4 Å². The summed E-state index contributed by atoms with van der Waals surface area (Å²) in [6.45, 7) is 5.43. The van der Waals surface area contributed by atoms with Gasteiger partial charge in [-0.25, -0.2) is 4.39 Å². The lowest BCUT2D eigenvalue weighted by Gasteiger charge is -2.22. The summed E-state index contributed by atoms with van der Waals surface area (Å²) in [6.07, 6.45) is 3.39. The minimum absolute atomic E-state index is 0.0375. The average Bonchev–Trinajstić information content (AvgIpc) is 3.29. The van der Waals surface area contributed by atoms with Gasteiger partial charge in [0.1, 0.15) is 5.82 Å². The fraction of sp³-hybridized carbons (Fsp3) is 0.632. The zero-order valence-electron chi connectivity index (χ0n) is 14.4. The second-order valence-corrected chi connectivity index (χ2v) is 7.09. The summed E-state index contributed by atoms with van der Waals surface area (Å²) in [7, 11) is 0. The van der Waals surface area contributed by atoms with Crippen molar-refractivity contribution in [3.8, 4) is 0 Å². The van der Waals surface area contributed by atoms with Crippen LogP contribution in [0.2, 0.25) is 0 Å². The number of hydrogen-bond donors (Lipinski definition) is 1. The zero-order chi connectivity index (χ0) is 17.2. The summed E-state index contributed by atoms with van der Waals surface area (Å²) in [6, 6.07) is 5.21. The highest BCUT2D eigenvalue weighted by molar-refractivity contribution is 5.77. The highest BCUT2D eigenvalue weighted by Gasteiger charge is 2.34. The molecule has 4 nitrogen and oxygen atoms in total. The summed E-state index contributed by atoms with van der Waals surface area (Å²) in [5, 5.41) is 2.97. The fourth-order valence-corrected chi connectivity index (χ4v) is 3.36. The molecule has 0 radical (unpaired) electrons. The molecule has 1 heterocycles. The average molecular weight is 335 g/mol. The Morgan fingerprint density at radius 3 is 2.71 bits per heavy atom. The van der Waals surface area contributed by atoms with Crippen molar-refractivity contribution in [2.45, 2.75) is 51.2 Å². The van der Waals surface area contributed by atoms with E-state index in [1.165, 1.54) is 6.07 Å². The first-order valence-corrected chi connectivity index (χ1v) is 8.77. The van der Waals surface area contributed by atoms with Gasteiger partial charge in [0.25, 0.3) is 0 Å². The van der Waals surface area contributed by atoms with E-state index in [0.29, 0.717) is 44.1 Å². The van der Waals surface area contributed by atoms with Crippen LogP contribution in [0, 0.1) is 18.7 Å². The molecule has 3 rings (SSSR count). The van der Waals surface area contributed by atoms with E-state index in [-0.39, 0.29) is 17.6 Å². The van der Waals surface area contributed by atoms with Gasteiger partial charge in [0, 0.05) is 19.4 Å². The number of amides is 1. The Bertz CT molecular complexity index is 594. The number of aryl methyl sites for hydroxylation is 1. The first kappa shape index (κ1) is 17.4. The smallest absolute Gasteiger partial charge is 0.220 e. The molecule has 2 fully saturated rings. The molecule has 0 bridgehead atoms. The molecule has 1 N–H and O–H groups in total. The molecule has 1 atom stereocenters. The van der Waals surface area contributed by atoms with Crippen LogP contribution in [0.25, 0.3) is 0 Å². The van der Waals surface area contributed by atoms with Gasteiger partial charge in [0.05, 0.1) is 13.2 Å². The van der Waals surface area contributed by atoms with Crippen molar-refractivity contribution in [2.24, 2.45) is 5.92 Å². The highest BCUT2D eigenvalue weighted by Crippen LogP contribution is 2.44. The Hall–Kier alpha value is -1.46. The van der Waals surface area contributed by atoms with E-state index < -0.39 is 5.79 Å². The van der Waals surface area contributed by atoms with Gasteiger partial charge < -0.3 is 14.8 Å². The van der Waals surface area contributed by atoms with Crippen molar-refractivity contribution >= 4 is 5.91 Å². The van der Waals surface area contributed by atoms with Crippen molar-refractivity contribution < 1.29 is 18.7 Å². The molecule has 1 saturated heterocycles. The number of benzene rings is 1. The fourth-order valence-electron chi connectivity index (χ4n) is 3.36. The van der Waals surface area contributed by atoms with Crippen molar-refractivity contribution in [3.63, 3.8) is 0 Å². The maximum absolute atomic E-state index is 13.5. The minimum Gasteiger partial charge on any atom is -0.356 e. The normalized spacial score (nSPS) is 20.8. The van der Waals surface area contributed by atoms with Gasteiger partial charge in [0.15, 0.2) is 5.79 Å². The minimum atomic E-state index is -0.572. The molecule has 1 saturated carbocycles. The molecule has 0 spiro atoms. The molecular formula is C19H26FNO3. The van der Waals surface area contributed by atoms with Gasteiger partial charge in [-0.3, -0.25) is 4.79 Å². The van der Waals surface area contributed by atoms with E-state index in [9.17, 15) is 9.18 Å². The SMILES string of the molecule is Cc1cc(C(CC(=O)NCCC2(C)OCCO2)C2CC2)ccc1F. The second-order valence-electron chi connectivity index (χ2n) is 7.09. The molecular weight excluding hydrogens is 309 g/mol. The lowest BCUT2D eigenvalue weighted by molar-refractivity contribution is -0.146. The van der Waals surface area contributed by atoms with Gasteiger partial charge in [-0.15, -0.1) is 0 Å². The Labute approximate surface area is 142 Å². The quantitative estimate of drug-likeness (QED) is 0.832. The van der Waals surface area contributed by atoms with Gasteiger partial charge in [-0.05, 0) is 55.7 Å². The highest BCUT2D eigenvalue weighted by atomic mass is 19.1. The summed E-state index contributed by atoms with van der Waals surface area (Å²) in [5.74, 6) is -0.00595. The van der Waals surface area contributed by atoms with Crippen LogP contribution in [-0.2, 0) is 14.3 Å². The van der Waals surface area contributed by atoms with Crippen molar-refractivity contribution in [2.75, 3.05) is 19.8 Å². The lowest BCUT2D eigenvalue weighted by atomic mass is 9.89. The predicted molar refractivity (Wildman–Crippen MR) is 89.2 cm³/mol. The van der Waals surface area contributed by atoms with Crippen molar-refractivity contribution in [1.82, 2.24) is 5.32 Å². The molecule has 5 heteroatoms.